The molecule has 2 aromatic rings. The summed E-state index contributed by atoms with van der Waals surface area (Å²) in [6.45, 7) is 17.4. The van der Waals surface area contributed by atoms with E-state index in [2.05, 4.69) is 47.2 Å². The molecule has 0 bridgehead atoms. The van der Waals surface area contributed by atoms with Crippen molar-refractivity contribution in [1.82, 2.24) is 41.9 Å². The van der Waals surface area contributed by atoms with Crippen molar-refractivity contribution < 1.29 is 33.6 Å². The molecule has 0 radical (unpaired) electrons. The Morgan fingerprint density at radius 3 is 0.961 bits per heavy atom. The van der Waals surface area contributed by atoms with E-state index in [1.165, 1.54) is 120 Å². The minimum Gasteiger partial charge on any atom is -0.340 e. The van der Waals surface area contributed by atoms with Gasteiger partial charge in [0.2, 0.25) is 35.4 Å². The maximum absolute atomic E-state index is 13.4. The van der Waals surface area contributed by atoms with E-state index in [0.717, 1.165) is 0 Å². The molecule has 16 heteroatoms. The Balaban J connectivity index is 2.03. The normalized spacial score (nSPS) is 12.5. The van der Waals surface area contributed by atoms with E-state index in [0.29, 0.717) is 11.3 Å². The van der Waals surface area contributed by atoms with Crippen LogP contribution in [0, 0.1) is 0 Å². The SMILES string of the molecule is CC(C)(NC(=O)c1ccncc1)C(=O)NC(C)(C)C(=O)NC(C)(C)C(=O)NC(C)(C)C(=O)NC(C)(C)C(=O)NC(C)(C)C(=O)Nc1ccncc1. The minimum atomic E-state index is -1.58. The molecule has 2 heterocycles. The zero-order valence-electron chi connectivity index (χ0n) is 31.4. The van der Waals surface area contributed by atoms with Crippen LogP contribution in [0.1, 0.15) is 93.4 Å². The zero-order chi connectivity index (χ0) is 39.2. The fourth-order valence-electron chi connectivity index (χ4n) is 4.12. The molecular weight excluding hydrogens is 658 g/mol. The van der Waals surface area contributed by atoms with Gasteiger partial charge in [0.05, 0.1) is 0 Å². The number of rotatable bonds is 14. The number of nitrogens with zero attached hydrogens (tertiary/aromatic N) is 2. The monoisotopic (exact) mass is 709 g/mol. The van der Waals surface area contributed by atoms with Crippen molar-refractivity contribution in [2.75, 3.05) is 5.32 Å². The lowest BCUT2D eigenvalue weighted by atomic mass is 9.94. The molecule has 0 aliphatic carbocycles. The van der Waals surface area contributed by atoms with Crippen LogP contribution < -0.4 is 37.2 Å². The van der Waals surface area contributed by atoms with E-state index in [1.54, 1.807) is 12.1 Å². The third-order valence-electron chi connectivity index (χ3n) is 7.84. The van der Waals surface area contributed by atoms with Crippen LogP contribution in [0.3, 0.4) is 0 Å². The first-order valence-electron chi connectivity index (χ1n) is 16.2. The Hall–Kier alpha value is -5.41. The summed E-state index contributed by atoms with van der Waals surface area (Å²) in [6.07, 6.45) is 5.90. The summed E-state index contributed by atoms with van der Waals surface area (Å²) in [5.74, 6) is -4.51. The number of hydrogen-bond acceptors (Lipinski definition) is 9. The molecule has 0 aliphatic heterocycles. The van der Waals surface area contributed by atoms with E-state index in [-0.39, 0.29) is 0 Å². The van der Waals surface area contributed by atoms with E-state index < -0.39 is 74.6 Å². The first kappa shape index (κ1) is 41.8. The van der Waals surface area contributed by atoms with Gasteiger partial charge in [-0.15, -0.1) is 0 Å². The Morgan fingerprint density at radius 1 is 0.392 bits per heavy atom. The molecule has 51 heavy (non-hydrogen) atoms. The van der Waals surface area contributed by atoms with Gasteiger partial charge in [-0.2, -0.15) is 0 Å². The molecule has 16 nitrogen and oxygen atoms in total. The van der Waals surface area contributed by atoms with Crippen LogP contribution in [0.15, 0.2) is 49.1 Å². The number of nitrogens with one attached hydrogen (secondary N) is 7. The molecule has 2 rings (SSSR count). The highest BCUT2D eigenvalue weighted by atomic mass is 16.2. The summed E-state index contributed by atoms with van der Waals surface area (Å²) < 4.78 is 0. The van der Waals surface area contributed by atoms with Gasteiger partial charge in [-0.05, 0) is 107 Å². The second-order valence-corrected chi connectivity index (χ2v) is 15.4. The molecule has 0 spiro atoms. The topological polar surface area (TPSA) is 229 Å². The summed E-state index contributed by atoms with van der Waals surface area (Å²) >= 11 is 0. The predicted octanol–water partition coefficient (Wildman–Crippen LogP) is 1.10. The number of anilines is 1. The number of hydrogen-bond donors (Lipinski definition) is 7. The molecule has 0 aliphatic rings. The molecule has 0 fully saturated rings. The fourth-order valence-corrected chi connectivity index (χ4v) is 4.12. The second-order valence-electron chi connectivity index (χ2n) is 15.4. The highest BCUT2D eigenvalue weighted by Crippen LogP contribution is 2.17. The summed E-state index contributed by atoms with van der Waals surface area (Å²) in [5.41, 5.74) is -8.23. The predicted molar refractivity (Wildman–Crippen MR) is 190 cm³/mol. The van der Waals surface area contributed by atoms with Crippen molar-refractivity contribution in [1.29, 1.82) is 0 Å². The van der Waals surface area contributed by atoms with Gasteiger partial charge in [0, 0.05) is 36.0 Å². The van der Waals surface area contributed by atoms with Crippen molar-refractivity contribution in [3.63, 3.8) is 0 Å². The number of carbonyl (C=O) groups is 7. The Morgan fingerprint density at radius 2 is 0.647 bits per heavy atom. The summed E-state index contributed by atoms with van der Waals surface area (Å²) in [7, 11) is 0. The quantitative estimate of drug-likeness (QED) is 0.149. The van der Waals surface area contributed by atoms with Crippen molar-refractivity contribution in [3.8, 4) is 0 Å². The van der Waals surface area contributed by atoms with E-state index in [9.17, 15) is 33.6 Å². The molecule has 278 valence electrons. The molecule has 0 atom stereocenters. The first-order valence-corrected chi connectivity index (χ1v) is 16.2. The molecule has 2 aromatic heterocycles. The highest BCUT2D eigenvalue weighted by Gasteiger charge is 2.44. The van der Waals surface area contributed by atoms with Gasteiger partial charge < -0.3 is 37.2 Å². The fraction of sp³-hybridized carbons (Fsp3) is 0.514. The van der Waals surface area contributed by atoms with E-state index in [1.807, 2.05) is 0 Å². The standard InChI is InChI=1S/C35H51N9O7/c1-30(2,24(46)38-22-15-19-37-20-16-22)40-26(48)32(5,6)42-28(50)34(9,10)44-29(51)35(11,12)43-27(49)33(7,8)41-25(47)31(3,4)39-23(45)21-13-17-36-18-14-21/h13-20H,1-12H3,(H,39,45)(H,40,48)(H,41,47)(H,42,50)(H,43,49)(H,44,51)(H,37,38,46). The average molecular weight is 710 g/mol. The molecular formula is C35H51N9O7. The summed E-state index contributed by atoms with van der Waals surface area (Å²) in [4.78, 5) is 99.8. The smallest absolute Gasteiger partial charge is 0.252 e. The van der Waals surface area contributed by atoms with Crippen LogP contribution in [0.2, 0.25) is 0 Å². The van der Waals surface area contributed by atoms with E-state index in [4.69, 9.17) is 0 Å². The van der Waals surface area contributed by atoms with Crippen molar-refractivity contribution >= 4 is 47.0 Å². The van der Waals surface area contributed by atoms with E-state index >= 15 is 0 Å². The van der Waals surface area contributed by atoms with Gasteiger partial charge in [-0.25, -0.2) is 0 Å². The molecule has 7 amide bonds. The largest absolute Gasteiger partial charge is 0.340 e. The number of amides is 7. The van der Waals surface area contributed by atoms with Gasteiger partial charge in [0.25, 0.3) is 5.91 Å². The van der Waals surface area contributed by atoms with Crippen LogP contribution in [0.25, 0.3) is 0 Å². The van der Waals surface area contributed by atoms with Gasteiger partial charge in [-0.1, -0.05) is 0 Å². The molecule has 0 saturated heterocycles. The van der Waals surface area contributed by atoms with Crippen LogP contribution in [0.5, 0.6) is 0 Å². The maximum Gasteiger partial charge on any atom is 0.252 e. The maximum atomic E-state index is 13.4. The van der Waals surface area contributed by atoms with Crippen molar-refractivity contribution in [3.05, 3.63) is 54.6 Å². The number of carbonyl (C=O) groups excluding carboxylic acids is 7. The van der Waals surface area contributed by atoms with Crippen LogP contribution in [-0.2, 0) is 28.8 Å². The van der Waals surface area contributed by atoms with Gasteiger partial charge in [-0.3, -0.25) is 43.5 Å². The van der Waals surface area contributed by atoms with Gasteiger partial charge >= 0.3 is 0 Å². The molecule has 7 N–H and O–H groups in total. The van der Waals surface area contributed by atoms with Gasteiger partial charge in [0.15, 0.2) is 0 Å². The number of aromatic nitrogens is 2. The highest BCUT2D eigenvalue weighted by molar-refractivity contribution is 6.04. The van der Waals surface area contributed by atoms with Crippen molar-refractivity contribution in [2.24, 2.45) is 0 Å². The van der Waals surface area contributed by atoms with Crippen LogP contribution in [-0.4, -0.2) is 84.6 Å². The molecule has 0 unspecified atom stereocenters. The lowest BCUT2D eigenvalue weighted by Gasteiger charge is -2.37. The van der Waals surface area contributed by atoms with Crippen molar-refractivity contribution in [2.45, 2.75) is 116 Å². The average Bonchev–Trinajstić information content (AvgIpc) is 3.00. The first-order chi connectivity index (χ1) is 23.1. The van der Waals surface area contributed by atoms with Gasteiger partial charge in [0.1, 0.15) is 33.2 Å². The molecule has 0 aromatic carbocycles. The lowest BCUT2D eigenvalue weighted by Crippen LogP contribution is -2.69. The molecule has 0 saturated carbocycles. The summed E-state index contributed by atoms with van der Waals surface area (Å²) in [6, 6.07) is 6.17. The Labute approximate surface area is 298 Å². The lowest BCUT2D eigenvalue weighted by molar-refractivity contribution is -0.141. The van der Waals surface area contributed by atoms with Crippen LogP contribution >= 0.6 is 0 Å². The third-order valence-corrected chi connectivity index (χ3v) is 7.84. The number of pyridine rings is 2. The Bertz CT molecular complexity index is 1650. The van der Waals surface area contributed by atoms with Crippen LogP contribution in [0.4, 0.5) is 5.69 Å². The minimum absolute atomic E-state index is 0.296. The second kappa shape index (κ2) is 15.2. The zero-order valence-corrected chi connectivity index (χ0v) is 31.4. The third kappa shape index (κ3) is 11.3. The Kier molecular flexibility index (Phi) is 12.5. The summed E-state index contributed by atoms with van der Waals surface area (Å²) in [5, 5.41) is 18.4.